The van der Waals surface area contributed by atoms with E-state index in [2.05, 4.69) is 10.6 Å². The SMILES string of the molecule is CC(C)C(O)CCNC(=O)NC1CCOC2(CCCC2)C1. The van der Waals surface area contributed by atoms with Crippen LogP contribution in [0.3, 0.4) is 0 Å². The second kappa shape index (κ2) is 7.45. The number of hydrogen-bond donors (Lipinski definition) is 3. The molecular formula is C16H30N2O3. The van der Waals surface area contributed by atoms with Crippen molar-refractivity contribution >= 4 is 6.03 Å². The van der Waals surface area contributed by atoms with E-state index in [0.29, 0.717) is 13.0 Å². The number of aliphatic hydroxyl groups excluding tert-OH is 1. The fourth-order valence-electron chi connectivity index (χ4n) is 3.42. The number of aliphatic hydroxyl groups is 1. The smallest absolute Gasteiger partial charge is 0.315 e. The molecular weight excluding hydrogens is 268 g/mol. The summed E-state index contributed by atoms with van der Waals surface area (Å²) in [5.41, 5.74) is 0.0318. The molecule has 122 valence electrons. The second-order valence-electron chi connectivity index (χ2n) is 6.93. The zero-order chi connectivity index (χ0) is 15.3. The highest BCUT2D eigenvalue weighted by Crippen LogP contribution is 2.39. The van der Waals surface area contributed by atoms with E-state index >= 15 is 0 Å². The Hall–Kier alpha value is -0.810. The molecule has 0 aromatic heterocycles. The molecule has 5 heteroatoms. The van der Waals surface area contributed by atoms with Crippen LogP contribution in [0.5, 0.6) is 0 Å². The highest BCUT2D eigenvalue weighted by Gasteiger charge is 2.40. The van der Waals surface area contributed by atoms with Gasteiger partial charge in [-0.3, -0.25) is 0 Å². The van der Waals surface area contributed by atoms with E-state index < -0.39 is 0 Å². The number of hydrogen-bond acceptors (Lipinski definition) is 3. The summed E-state index contributed by atoms with van der Waals surface area (Å²) in [6, 6.07) is 0.0953. The molecule has 5 nitrogen and oxygen atoms in total. The van der Waals surface area contributed by atoms with Gasteiger partial charge in [0.2, 0.25) is 0 Å². The molecule has 1 aliphatic heterocycles. The van der Waals surface area contributed by atoms with Crippen molar-refractivity contribution in [3.63, 3.8) is 0 Å². The summed E-state index contributed by atoms with van der Waals surface area (Å²) in [5, 5.41) is 15.6. The number of urea groups is 1. The monoisotopic (exact) mass is 298 g/mol. The summed E-state index contributed by atoms with van der Waals surface area (Å²) in [6.07, 6.45) is 6.83. The first kappa shape index (κ1) is 16.6. The lowest BCUT2D eigenvalue weighted by molar-refractivity contribution is -0.0820. The topological polar surface area (TPSA) is 70.6 Å². The first-order valence-electron chi connectivity index (χ1n) is 8.37. The van der Waals surface area contributed by atoms with E-state index in [1.54, 1.807) is 0 Å². The lowest BCUT2D eigenvalue weighted by Gasteiger charge is -2.38. The van der Waals surface area contributed by atoms with Crippen LogP contribution in [-0.4, -0.2) is 42.0 Å². The van der Waals surface area contributed by atoms with Gasteiger partial charge < -0.3 is 20.5 Å². The van der Waals surface area contributed by atoms with Gasteiger partial charge in [-0.05, 0) is 38.0 Å². The van der Waals surface area contributed by atoms with Gasteiger partial charge >= 0.3 is 6.03 Å². The molecule has 2 rings (SSSR count). The van der Waals surface area contributed by atoms with Gasteiger partial charge in [-0.2, -0.15) is 0 Å². The predicted molar refractivity (Wildman–Crippen MR) is 82.2 cm³/mol. The van der Waals surface area contributed by atoms with Crippen LogP contribution in [0.15, 0.2) is 0 Å². The zero-order valence-corrected chi connectivity index (χ0v) is 13.4. The molecule has 2 amide bonds. The van der Waals surface area contributed by atoms with Crippen LogP contribution in [0.4, 0.5) is 4.79 Å². The first-order chi connectivity index (χ1) is 10.0. The van der Waals surface area contributed by atoms with Gasteiger partial charge in [0.1, 0.15) is 0 Å². The van der Waals surface area contributed by atoms with Gasteiger partial charge in [0.15, 0.2) is 0 Å². The quantitative estimate of drug-likeness (QED) is 0.728. The number of carbonyl (C=O) groups is 1. The Morgan fingerprint density at radius 1 is 1.38 bits per heavy atom. The van der Waals surface area contributed by atoms with Crippen LogP contribution in [0.2, 0.25) is 0 Å². The third-order valence-corrected chi connectivity index (χ3v) is 4.84. The minimum atomic E-state index is -0.352. The lowest BCUT2D eigenvalue weighted by atomic mass is 9.89. The van der Waals surface area contributed by atoms with E-state index in [4.69, 9.17) is 4.74 Å². The fourth-order valence-corrected chi connectivity index (χ4v) is 3.42. The zero-order valence-electron chi connectivity index (χ0n) is 13.4. The lowest BCUT2D eigenvalue weighted by Crippen LogP contribution is -2.50. The molecule has 2 aliphatic rings. The van der Waals surface area contributed by atoms with Crippen molar-refractivity contribution in [2.45, 2.75) is 76.5 Å². The molecule has 2 fully saturated rings. The van der Waals surface area contributed by atoms with E-state index in [9.17, 15) is 9.90 Å². The number of nitrogens with one attached hydrogen (secondary N) is 2. The summed E-state index contributed by atoms with van der Waals surface area (Å²) in [5.74, 6) is 0.229. The van der Waals surface area contributed by atoms with Crippen LogP contribution in [0.25, 0.3) is 0 Å². The van der Waals surface area contributed by atoms with Crippen molar-refractivity contribution in [1.82, 2.24) is 10.6 Å². The van der Waals surface area contributed by atoms with Crippen LogP contribution in [0.1, 0.15) is 58.8 Å². The van der Waals surface area contributed by atoms with Gasteiger partial charge in [-0.25, -0.2) is 4.79 Å². The highest BCUT2D eigenvalue weighted by molar-refractivity contribution is 5.74. The Kier molecular flexibility index (Phi) is 5.88. The van der Waals surface area contributed by atoms with Gasteiger partial charge in [-0.15, -0.1) is 0 Å². The highest BCUT2D eigenvalue weighted by atomic mass is 16.5. The van der Waals surface area contributed by atoms with E-state index in [1.807, 2.05) is 13.8 Å². The van der Waals surface area contributed by atoms with Crippen LogP contribution in [0, 0.1) is 5.92 Å². The molecule has 0 bridgehead atoms. The molecule has 1 aliphatic carbocycles. The summed E-state index contributed by atoms with van der Waals surface area (Å²) >= 11 is 0. The summed E-state index contributed by atoms with van der Waals surface area (Å²) in [6.45, 7) is 5.22. The van der Waals surface area contributed by atoms with Crippen LogP contribution in [-0.2, 0) is 4.74 Å². The molecule has 0 aromatic carbocycles. The molecule has 0 aromatic rings. The van der Waals surface area contributed by atoms with Crippen molar-refractivity contribution in [2.24, 2.45) is 5.92 Å². The molecule has 2 unspecified atom stereocenters. The Morgan fingerprint density at radius 2 is 2.10 bits per heavy atom. The molecule has 1 saturated heterocycles. The standard InChI is InChI=1S/C16H30N2O3/c1-12(2)14(19)5-9-17-15(20)18-13-6-10-21-16(11-13)7-3-4-8-16/h12-14,19H,3-11H2,1-2H3,(H2,17,18,20). The Labute approximate surface area is 127 Å². The van der Waals surface area contributed by atoms with Crippen LogP contribution >= 0.6 is 0 Å². The summed E-state index contributed by atoms with van der Waals surface area (Å²) < 4.78 is 5.97. The third-order valence-electron chi connectivity index (χ3n) is 4.84. The molecule has 21 heavy (non-hydrogen) atoms. The van der Waals surface area contributed by atoms with Crippen molar-refractivity contribution in [3.05, 3.63) is 0 Å². The molecule has 3 N–H and O–H groups in total. The molecule has 1 saturated carbocycles. The van der Waals surface area contributed by atoms with Gasteiger partial charge in [0.25, 0.3) is 0 Å². The van der Waals surface area contributed by atoms with E-state index in [-0.39, 0.29) is 29.7 Å². The predicted octanol–water partition coefficient (Wildman–Crippen LogP) is 2.18. The van der Waals surface area contributed by atoms with Crippen molar-refractivity contribution < 1.29 is 14.6 Å². The van der Waals surface area contributed by atoms with E-state index in [1.165, 1.54) is 12.8 Å². The Bertz CT molecular complexity index is 340. The Balaban J connectivity index is 1.67. The number of ether oxygens (including phenoxy) is 1. The average molecular weight is 298 g/mol. The first-order valence-corrected chi connectivity index (χ1v) is 8.37. The second-order valence-corrected chi connectivity index (χ2v) is 6.93. The van der Waals surface area contributed by atoms with Gasteiger partial charge in [0, 0.05) is 19.2 Å². The number of rotatable bonds is 5. The molecule has 1 heterocycles. The molecule has 2 atom stereocenters. The largest absolute Gasteiger partial charge is 0.393 e. The van der Waals surface area contributed by atoms with Gasteiger partial charge in [0.05, 0.1) is 11.7 Å². The summed E-state index contributed by atoms with van der Waals surface area (Å²) in [4.78, 5) is 11.9. The fraction of sp³-hybridized carbons (Fsp3) is 0.938. The van der Waals surface area contributed by atoms with Crippen molar-refractivity contribution in [2.75, 3.05) is 13.2 Å². The Morgan fingerprint density at radius 3 is 2.76 bits per heavy atom. The number of amides is 2. The molecule has 1 spiro atoms. The molecule has 0 radical (unpaired) electrons. The maximum atomic E-state index is 11.9. The minimum absolute atomic E-state index is 0.0318. The maximum absolute atomic E-state index is 11.9. The summed E-state index contributed by atoms with van der Waals surface area (Å²) in [7, 11) is 0. The van der Waals surface area contributed by atoms with Crippen molar-refractivity contribution in [1.29, 1.82) is 0 Å². The maximum Gasteiger partial charge on any atom is 0.315 e. The van der Waals surface area contributed by atoms with E-state index in [0.717, 1.165) is 32.3 Å². The van der Waals surface area contributed by atoms with Gasteiger partial charge in [-0.1, -0.05) is 26.7 Å². The normalized spacial score (nSPS) is 26.0. The minimum Gasteiger partial charge on any atom is -0.393 e. The number of carbonyl (C=O) groups excluding carboxylic acids is 1. The van der Waals surface area contributed by atoms with Crippen LogP contribution < -0.4 is 10.6 Å². The van der Waals surface area contributed by atoms with Crippen molar-refractivity contribution in [3.8, 4) is 0 Å². The third kappa shape index (κ3) is 4.85. The average Bonchev–Trinajstić information content (AvgIpc) is 2.86.